The third-order valence-corrected chi connectivity index (χ3v) is 7.41. The second kappa shape index (κ2) is 13.2. The molecule has 176 valence electrons. The van der Waals surface area contributed by atoms with E-state index in [2.05, 4.69) is 62.4 Å². The maximum absolute atomic E-state index is 9.47. The van der Waals surface area contributed by atoms with E-state index in [0.717, 1.165) is 18.3 Å². The van der Waals surface area contributed by atoms with Crippen LogP contribution >= 0.6 is 0 Å². The highest BCUT2D eigenvalue weighted by molar-refractivity contribution is 5.64. The van der Waals surface area contributed by atoms with E-state index in [1.807, 2.05) is 0 Å². The van der Waals surface area contributed by atoms with Gasteiger partial charge in [0.25, 0.3) is 0 Å². The monoisotopic (exact) mass is 436 g/mol. The van der Waals surface area contributed by atoms with Crippen LogP contribution in [0, 0.1) is 17.8 Å². The third kappa shape index (κ3) is 7.74. The Hall–Kier alpha value is -1.64. The summed E-state index contributed by atoms with van der Waals surface area (Å²) in [5.41, 5.74) is 5.60. The summed E-state index contributed by atoms with van der Waals surface area (Å²) in [6.07, 6.45) is 11.3. The number of aryl methyl sites for hydroxylation is 1. The summed E-state index contributed by atoms with van der Waals surface area (Å²) in [4.78, 5) is 0. The van der Waals surface area contributed by atoms with E-state index < -0.39 is 0 Å². The van der Waals surface area contributed by atoms with Gasteiger partial charge in [0.1, 0.15) is 0 Å². The number of rotatable bonds is 12. The second-order valence-electron chi connectivity index (χ2n) is 10.4. The third-order valence-electron chi connectivity index (χ3n) is 7.41. The van der Waals surface area contributed by atoms with Crippen molar-refractivity contribution in [3.8, 4) is 11.1 Å². The van der Waals surface area contributed by atoms with Crippen molar-refractivity contribution in [2.45, 2.75) is 77.6 Å². The van der Waals surface area contributed by atoms with Gasteiger partial charge in [-0.3, -0.25) is 0 Å². The van der Waals surface area contributed by atoms with Crippen LogP contribution in [-0.4, -0.2) is 25.4 Å². The highest BCUT2D eigenvalue weighted by Crippen LogP contribution is 2.38. The Bertz CT molecular complexity index is 754. The minimum atomic E-state index is 0.246. The summed E-state index contributed by atoms with van der Waals surface area (Å²) in [6, 6.07) is 18.5. The fraction of sp³-hybridized carbons (Fsp3) is 0.600. The van der Waals surface area contributed by atoms with E-state index in [9.17, 15) is 5.11 Å². The first-order valence-corrected chi connectivity index (χ1v) is 12.9. The Morgan fingerprint density at radius 3 is 2.06 bits per heavy atom. The van der Waals surface area contributed by atoms with Crippen LogP contribution < -0.4 is 0 Å². The molecule has 1 unspecified atom stereocenters. The van der Waals surface area contributed by atoms with Gasteiger partial charge in [-0.15, -0.1) is 0 Å². The lowest BCUT2D eigenvalue weighted by atomic mass is 9.76. The lowest BCUT2D eigenvalue weighted by molar-refractivity contribution is 0.0989. The molecule has 1 aliphatic rings. The maximum Gasteiger partial charge on any atom is 0.0512 e. The highest BCUT2D eigenvalue weighted by atomic mass is 16.5. The maximum atomic E-state index is 9.47. The number of hydrogen-bond donors (Lipinski definition) is 1. The molecule has 2 heteroatoms. The number of aliphatic hydroxyl groups excluding tert-OH is 1. The molecule has 0 spiro atoms. The molecule has 1 aliphatic carbocycles. The molecule has 32 heavy (non-hydrogen) atoms. The SMILES string of the molecule is COCC(CO)CCC1CCC(c2ccc(-c3ccc(CCCC(C)C)cc3)cc2)CC1. The molecule has 2 aromatic carbocycles. The van der Waals surface area contributed by atoms with Crippen molar-refractivity contribution < 1.29 is 9.84 Å². The molecule has 1 N–H and O–H groups in total. The molecular formula is C30H44O2. The average Bonchev–Trinajstić information content (AvgIpc) is 2.82. The van der Waals surface area contributed by atoms with E-state index in [1.54, 1.807) is 7.11 Å². The van der Waals surface area contributed by atoms with Gasteiger partial charge in [-0.05, 0) is 85.0 Å². The van der Waals surface area contributed by atoms with E-state index >= 15 is 0 Å². The van der Waals surface area contributed by atoms with Gasteiger partial charge in [0.05, 0.1) is 6.61 Å². The van der Waals surface area contributed by atoms with Crippen molar-refractivity contribution in [1.82, 2.24) is 0 Å². The van der Waals surface area contributed by atoms with Gasteiger partial charge < -0.3 is 9.84 Å². The zero-order chi connectivity index (χ0) is 22.8. The minimum Gasteiger partial charge on any atom is -0.396 e. The molecule has 2 nitrogen and oxygen atoms in total. The van der Waals surface area contributed by atoms with Crippen molar-refractivity contribution in [3.05, 3.63) is 59.7 Å². The van der Waals surface area contributed by atoms with Crippen molar-refractivity contribution in [3.63, 3.8) is 0 Å². The van der Waals surface area contributed by atoms with Crippen LogP contribution in [-0.2, 0) is 11.2 Å². The Morgan fingerprint density at radius 1 is 0.875 bits per heavy atom. The Morgan fingerprint density at radius 2 is 1.50 bits per heavy atom. The number of aliphatic hydroxyl groups is 1. The molecule has 0 bridgehead atoms. The lowest BCUT2D eigenvalue weighted by Crippen LogP contribution is -2.17. The van der Waals surface area contributed by atoms with Crippen LogP contribution in [0.2, 0.25) is 0 Å². The summed E-state index contributed by atoms with van der Waals surface area (Å²) in [7, 11) is 1.73. The molecule has 0 aliphatic heterocycles. The van der Waals surface area contributed by atoms with Crippen molar-refractivity contribution in [2.75, 3.05) is 20.3 Å². The molecule has 0 saturated heterocycles. The first-order valence-electron chi connectivity index (χ1n) is 12.9. The van der Waals surface area contributed by atoms with Crippen molar-refractivity contribution in [1.29, 1.82) is 0 Å². The number of ether oxygens (including phenoxy) is 1. The lowest BCUT2D eigenvalue weighted by Gasteiger charge is -2.29. The highest BCUT2D eigenvalue weighted by Gasteiger charge is 2.23. The predicted octanol–water partition coefficient (Wildman–Crippen LogP) is 7.64. The normalized spacial score (nSPS) is 19.9. The van der Waals surface area contributed by atoms with Gasteiger partial charge in [0.15, 0.2) is 0 Å². The second-order valence-corrected chi connectivity index (χ2v) is 10.4. The molecule has 1 saturated carbocycles. The zero-order valence-electron chi connectivity index (χ0n) is 20.6. The van der Waals surface area contributed by atoms with Crippen LogP contribution in [0.3, 0.4) is 0 Å². The molecule has 2 aromatic rings. The quantitative estimate of drug-likeness (QED) is 0.370. The van der Waals surface area contributed by atoms with Gasteiger partial charge in [-0.2, -0.15) is 0 Å². The Labute approximate surface area is 196 Å². The summed E-state index contributed by atoms with van der Waals surface area (Å²) < 4.78 is 5.22. The average molecular weight is 437 g/mol. The molecular weight excluding hydrogens is 392 g/mol. The molecule has 0 aromatic heterocycles. The number of methoxy groups -OCH3 is 1. The molecule has 0 amide bonds. The predicted molar refractivity (Wildman–Crippen MR) is 136 cm³/mol. The summed E-state index contributed by atoms with van der Waals surface area (Å²) in [5.74, 6) is 2.62. The van der Waals surface area contributed by atoms with E-state index in [4.69, 9.17) is 4.74 Å². The standard InChI is InChI=1S/C30H44O2/c1-23(2)5-4-6-24-9-13-27(14-10-24)29-17-19-30(20-18-29)28-15-11-25(12-16-28)7-8-26(21-31)22-32-3/h9-10,13-14,17-20,23,25-26,28,31H,4-8,11-12,15-16,21-22H2,1-3H3. The van der Waals surface area contributed by atoms with Gasteiger partial charge in [-0.25, -0.2) is 0 Å². The van der Waals surface area contributed by atoms with Crippen LogP contribution in [0.15, 0.2) is 48.5 Å². The van der Waals surface area contributed by atoms with Crippen molar-refractivity contribution in [2.24, 2.45) is 17.8 Å². The van der Waals surface area contributed by atoms with Crippen LogP contribution in [0.5, 0.6) is 0 Å². The molecule has 3 rings (SSSR count). The van der Waals surface area contributed by atoms with Crippen molar-refractivity contribution >= 4 is 0 Å². The van der Waals surface area contributed by atoms with E-state index in [-0.39, 0.29) is 6.61 Å². The van der Waals surface area contributed by atoms with E-state index in [0.29, 0.717) is 18.4 Å². The largest absolute Gasteiger partial charge is 0.396 e. The Kier molecular flexibility index (Phi) is 10.3. The zero-order valence-corrected chi connectivity index (χ0v) is 20.6. The first kappa shape index (κ1) is 25.0. The Balaban J connectivity index is 1.47. The minimum absolute atomic E-state index is 0.246. The van der Waals surface area contributed by atoms with E-state index in [1.165, 1.54) is 73.6 Å². The molecule has 1 fully saturated rings. The van der Waals surface area contributed by atoms with Gasteiger partial charge in [-0.1, -0.05) is 75.2 Å². The smallest absolute Gasteiger partial charge is 0.0512 e. The van der Waals surface area contributed by atoms with Crippen LogP contribution in [0.25, 0.3) is 11.1 Å². The molecule has 1 atom stereocenters. The number of benzene rings is 2. The fourth-order valence-corrected chi connectivity index (χ4v) is 5.24. The summed E-state index contributed by atoms with van der Waals surface area (Å²) in [6.45, 7) is 5.53. The molecule has 0 radical (unpaired) electrons. The van der Waals surface area contributed by atoms with Gasteiger partial charge in [0, 0.05) is 19.6 Å². The van der Waals surface area contributed by atoms with Gasteiger partial charge >= 0.3 is 0 Å². The summed E-state index contributed by atoms with van der Waals surface area (Å²) >= 11 is 0. The summed E-state index contributed by atoms with van der Waals surface area (Å²) in [5, 5.41) is 9.47. The topological polar surface area (TPSA) is 29.5 Å². The van der Waals surface area contributed by atoms with Crippen LogP contribution in [0.1, 0.15) is 82.3 Å². The molecule has 0 heterocycles. The van der Waals surface area contributed by atoms with Crippen LogP contribution in [0.4, 0.5) is 0 Å². The number of hydrogen-bond acceptors (Lipinski definition) is 2. The van der Waals surface area contributed by atoms with Gasteiger partial charge in [0.2, 0.25) is 0 Å². The first-order chi connectivity index (χ1) is 15.6. The fourth-order valence-electron chi connectivity index (χ4n) is 5.24.